The summed E-state index contributed by atoms with van der Waals surface area (Å²) in [5.74, 6) is -0.473. The highest BCUT2D eigenvalue weighted by Crippen LogP contribution is 2.32. The Morgan fingerprint density at radius 1 is 1.18 bits per heavy atom. The van der Waals surface area contributed by atoms with Crippen molar-refractivity contribution in [3.05, 3.63) is 69.1 Å². The van der Waals surface area contributed by atoms with E-state index in [4.69, 9.17) is 0 Å². The number of thiazole rings is 1. The highest BCUT2D eigenvalue weighted by molar-refractivity contribution is 7.14. The van der Waals surface area contributed by atoms with Gasteiger partial charge in [0.1, 0.15) is 5.69 Å². The topological polar surface area (TPSA) is 126 Å². The van der Waals surface area contributed by atoms with Gasteiger partial charge in [-0.1, -0.05) is 24.3 Å². The van der Waals surface area contributed by atoms with Crippen LogP contribution >= 0.6 is 11.3 Å². The van der Waals surface area contributed by atoms with E-state index < -0.39 is 10.8 Å². The van der Waals surface area contributed by atoms with Gasteiger partial charge in [-0.2, -0.15) is 0 Å². The fourth-order valence-electron chi connectivity index (χ4n) is 3.43. The second-order valence-corrected chi connectivity index (χ2v) is 9.04. The Kier molecular flexibility index (Phi) is 7.17. The molecule has 4 rings (SSSR count). The van der Waals surface area contributed by atoms with E-state index in [0.717, 1.165) is 36.9 Å². The second-order valence-electron chi connectivity index (χ2n) is 8.18. The molecule has 10 heteroatoms. The van der Waals surface area contributed by atoms with Gasteiger partial charge in [0.2, 0.25) is 5.91 Å². The van der Waals surface area contributed by atoms with Gasteiger partial charge in [0.15, 0.2) is 5.13 Å². The van der Waals surface area contributed by atoms with E-state index in [1.54, 1.807) is 12.1 Å². The predicted molar refractivity (Wildman–Crippen MR) is 132 cm³/mol. The van der Waals surface area contributed by atoms with Crippen molar-refractivity contribution >= 4 is 39.7 Å². The third-order valence-electron chi connectivity index (χ3n) is 5.38. The van der Waals surface area contributed by atoms with Crippen LogP contribution in [0.3, 0.4) is 0 Å². The Balaban J connectivity index is 1.38. The smallest absolute Gasteiger partial charge is 0.293 e. The number of nitro benzene ring substituents is 1. The SMILES string of the molecule is CC(=O)NCCCc1ccc(-c2csc(NC(=O)c3ccc(NC4CC4)c([N+](=O)[O-])c3)n2)cc1. The van der Waals surface area contributed by atoms with Gasteiger partial charge in [-0.15, -0.1) is 11.3 Å². The largest absolute Gasteiger partial charge is 0.377 e. The number of carbonyl (C=O) groups excluding carboxylic acids is 2. The Morgan fingerprint density at radius 3 is 2.62 bits per heavy atom. The molecule has 2 aromatic carbocycles. The van der Waals surface area contributed by atoms with Crippen molar-refractivity contribution in [2.24, 2.45) is 0 Å². The quantitative estimate of drug-likeness (QED) is 0.221. The molecular formula is C24H25N5O4S. The first-order valence-electron chi connectivity index (χ1n) is 11.0. The zero-order valence-electron chi connectivity index (χ0n) is 18.7. The fourth-order valence-corrected chi connectivity index (χ4v) is 4.14. The van der Waals surface area contributed by atoms with E-state index >= 15 is 0 Å². The molecule has 0 unspecified atom stereocenters. The molecule has 1 heterocycles. The lowest BCUT2D eigenvalue weighted by Crippen LogP contribution is -2.21. The summed E-state index contributed by atoms with van der Waals surface area (Å²) in [5.41, 5.74) is 3.34. The first kappa shape index (κ1) is 23.4. The standard InChI is InChI=1S/C24H25N5O4S/c1-15(30)25-12-2-3-16-4-6-17(7-5-16)21-14-34-24(27-21)28-23(31)18-8-11-20(26-19-9-10-19)22(13-18)29(32)33/h4-8,11,13-14,19,26H,2-3,9-10,12H2,1H3,(H,25,30)(H,27,28,31). The fraction of sp³-hybridized carbons (Fsp3) is 0.292. The Morgan fingerprint density at radius 2 is 1.94 bits per heavy atom. The molecule has 34 heavy (non-hydrogen) atoms. The van der Waals surface area contributed by atoms with Crippen molar-refractivity contribution in [3.63, 3.8) is 0 Å². The van der Waals surface area contributed by atoms with Crippen molar-refractivity contribution in [3.8, 4) is 11.3 Å². The molecule has 1 aliphatic rings. The van der Waals surface area contributed by atoms with Crippen molar-refractivity contribution in [2.75, 3.05) is 17.2 Å². The monoisotopic (exact) mass is 479 g/mol. The first-order valence-corrected chi connectivity index (χ1v) is 11.9. The maximum Gasteiger partial charge on any atom is 0.293 e. The highest BCUT2D eigenvalue weighted by atomic mass is 32.1. The number of nitrogens with zero attached hydrogens (tertiary/aromatic N) is 2. The number of nitro groups is 1. The predicted octanol–water partition coefficient (Wildman–Crippen LogP) is 4.61. The average molecular weight is 480 g/mol. The molecule has 1 saturated carbocycles. The second kappa shape index (κ2) is 10.4. The third-order valence-corrected chi connectivity index (χ3v) is 6.14. The molecule has 1 aliphatic carbocycles. The summed E-state index contributed by atoms with van der Waals surface area (Å²) in [5, 5.41) is 22.4. The van der Waals surface area contributed by atoms with Crippen LogP contribution in [-0.2, 0) is 11.2 Å². The lowest BCUT2D eigenvalue weighted by atomic mass is 10.1. The number of hydrogen-bond acceptors (Lipinski definition) is 7. The van der Waals surface area contributed by atoms with Gasteiger partial charge in [-0.3, -0.25) is 25.0 Å². The lowest BCUT2D eigenvalue weighted by molar-refractivity contribution is -0.384. The first-order chi connectivity index (χ1) is 16.4. The Bertz CT molecular complexity index is 1200. The summed E-state index contributed by atoms with van der Waals surface area (Å²) in [6, 6.07) is 12.7. The maximum absolute atomic E-state index is 12.7. The molecule has 0 bridgehead atoms. The molecule has 0 saturated heterocycles. The summed E-state index contributed by atoms with van der Waals surface area (Å²) in [4.78, 5) is 39.1. The van der Waals surface area contributed by atoms with Gasteiger partial charge >= 0.3 is 0 Å². The van der Waals surface area contributed by atoms with E-state index in [2.05, 4.69) is 20.9 Å². The minimum absolute atomic E-state index is 0.0254. The number of benzene rings is 2. The van der Waals surface area contributed by atoms with Gasteiger partial charge < -0.3 is 10.6 Å². The molecule has 1 fully saturated rings. The van der Waals surface area contributed by atoms with E-state index in [1.807, 2.05) is 29.6 Å². The minimum atomic E-state index is -0.480. The molecular weight excluding hydrogens is 454 g/mol. The molecule has 0 spiro atoms. The third kappa shape index (κ3) is 6.16. The minimum Gasteiger partial charge on any atom is -0.377 e. The van der Waals surface area contributed by atoms with Crippen LogP contribution in [-0.4, -0.2) is 34.3 Å². The van der Waals surface area contributed by atoms with Crippen molar-refractivity contribution in [1.29, 1.82) is 0 Å². The van der Waals surface area contributed by atoms with Crippen LogP contribution in [0.5, 0.6) is 0 Å². The number of amides is 2. The van der Waals surface area contributed by atoms with E-state index in [0.29, 0.717) is 17.4 Å². The molecule has 0 aliphatic heterocycles. The van der Waals surface area contributed by atoms with E-state index in [1.165, 1.54) is 29.9 Å². The van der Waals surface area contributed by atoms with Crippen LogP contribution in [0.2, 0.25) is 0 Å². The van der Waals surface area contributed by atoms with Gasteiger partial charge in [-0.25, -0.2) is 4.98 Å². The summed E-state index contributed by atoms with van der Waals surface area (Å²) in [7, 11) is 0. The molecule has 0 atom stereocenters. The van der Waals surface area contributed by atoms with Gasteiger partial charge in [0.25, 0.3) is 11.6 Å². The molecule has 1 aromatic heterocycles. The molecule has 3 N–H and O–H groups in total. The van der Waals surface area contributed by atoms with Crippen LogP contribution in [0.4, 0.5) is 16.5 Å². The summed E-state index contributed by atoms with van der Waals surface area (Å²) < 4.78 is 0. The zero-order chi connectivity index (χ0) is 24.1. The number of anilines is 2. The highest BCUT2D eigenvalue weighted by Gasteiger charge is 2.25. The number of rotatable bonds is 10. The molecule has 2 amide bonds. The van der Waals surface area contributed by atoms with Crippen molar-refractivity contribution in [2.45, 2.75) is 38.6 Å². The van der Waals surface area contributed by atoms with Crippen LogP contribution in [0.1, 0.15) is 42.1 Å². The maximum atomic E-state index is 12.7. The number of aryl methyl sites for hydroxylation is 1. The molecule has 176 valence electrons. The van der Waals surface area contributed by atoms with Gasteiger partial charge in [0.05, 0.1) is 10.6 Å². The number of carbonyl (C=O) groups is 2. The number of nitrogens with one attached hydrogen (secondary N) is 3. The van der Waals surface area contributed by atoms with E-state index in [9.17, 15) is 19.7 Å². The number of aromatic nitrogens is 1. The van der Waals surface area contributed by atoms with Crippen LogP contribution in [0.15, 0.2) is 47.8 Å². The normalized spacial score (nSPS) is 12.7. The van der Waals surface area contributed by atoms with Crippen LogP contribution < -0.4 is 16.0 Å². The van der Waals surface area contributed by atoms with E-state index in [-0.39, 0.29) is 23.2 Å². The molecule has 3 aromatic rings. The number of hydrogen-bond donors (Lipinski definition) is 3. The summed E-state index contributed by atoms with van der Waals surface area (Å²) in [6.45, 7) is 2.15. The average Bonchev–Trinajstić information content (AvgIpc) is 3.51. The lowest BCUT2D eigenvalue weighted by Gasteiger charge is -2.07. The molecule has 9 nitrogen and oxygen atoms in total. The zero-order valence-corrected chi connectivity index (χ0v) is 19.5. The van der Waals surface area contributed by atoms with Crippen LogP contribution in [0.25, 0.3) is 11.3 Å². The Hall–Kier alpha value is -3.79. The van der Waals surface area contributed by atoms with Crippen molar-refractivity contribution in [1.82, 2.24) is 10.3 Å². The van der Waals surface area contributed by atoms with Crippen LogP contribution in [0, 0.1) is 10.1 Å². The summed E-state index contributed by atoms with van der Waals surface area (Å²) >= 11 is 1.29. The molecule has 0 radical (unpaired) electrons. The van der Waals surface area contributed by atoms with Gasteiger partial charge in [-0.05, 0) is 43.4 Å². The Labute approximate surface area is 200 Å². The van der Waals surface area contributed by atoms with Gasteiger partial charge in [0, 0.05) is 42.1 Å². The van der Waals surface area contributed by atoms with Crippen molar-refractivity contribution < 1.29 is 14.5 Å². The summed E-state index contributed by atoms with van der Waals surface area (Å²) in [6.07, 6.45) is 3.71.